The van der Waals surface area contributed by atoms with Crippen LogP contribution in [0.4, 0.5) is 0 Å². The van der Waals surface area contributed by atoms with Crippen LogP contribution < -0.4 is 0 Å². The number of benzene rings is 1. The number of rotatable bonds is 4. The topological polar surface area (TPSA) is 104 Å². The van der Waals surface area contributed by atoms with Crippen molar-refractivity contribution in [2.45, 2.75) is 26.9 Å². The predicted molar refractivity (Wildman–Crippen MR) is 77.3 cm³/mol. The maximum atomic E-state index is 12.1. The van der Waals surface area contributed by atoms with E-state index in [1.807, 2.05) is 0 Å². The molecular formula is C15H14N4O4. The van der Waals surface area contributed by atoms with Crippen LogP contribution in [0.3, 0.4) is 0 Å². The minimum absolute atomic E-state index is 0.258. The summed E-state index contributed by atoms with van der Waals surface area (Å²) >= 11 is 0. The molecule has 0 aliphatic carbocycles. The Morgan fingerprint density at radius 3 is 2.26 bits per heavy atom. The molecule has 0 N–H and O–H groups in total. The zero-order valence-corrected chi connectivity index (χ0v) is 12.8. The van der Waals surface area contributed by atoms with Crippen molar-refractivity contribution >= 4 is 5.97 Å². The van der Waals surface area contributed by atoms with Crippen molar-refractivity contribution < 1.29 is 18.6 Å². The number of hydrogen-bond acceptors (Lipinski definition) is 8. The Morgan fingerprint density at radius 1 is 1.04 bits per heavy atom. The van der Waals surface area contributed by atoms with Gasteiger partial charge in [-0.1, -0.05) is 10.3 Å². The highest BCUT2D eigenvalue weighted by Crippen LogP contribution is 2.20. The summed E-state index contributed by atoms with van der Waals surface area (Å²) in [7, 11) is 0. The van der Waals surface area contributed by atoms with Gasteiger partial charge >= 0.3 is 5.97 Å². The van der Waals surface area contributed by atoms with Crippen LogP contribution >= 0.6 is 0 Å². The Kier molecular flexibility index (Phi) is 3.88. The van der Waals surface area contributed by atoms with Crippen molar-refractivity contribution in [1.82, 2.24) is 20.3 Å². The van der Waals surface area contributed by atoms with E-state index in [2.05, 4.69) is 20.3 Å². The molecule has 3 aromatic rings. The smallest absolute Gasteiger partial charge is 0.338 e. The molecule has 0 bridgehead atoms. The summed E-state index contributed by atoms with van der Waals surface area (Å²) in [5, 5.41) is 7.39. The fraction of sp³-hybridized carbons (Fsp3) is 0.267. The molecular weight excluding hydrogens is 300 g/mol. The first-order chi connectivity index (χ1) is 11.0. The standard InChI is InChI=1S/C15H14N4O4/c1-8(13-16-9(2)18-22-13)21-15(20)12-6-4-11(5-7-12)14-17-10(3)19-23-14/h4-8H,1-3H3. The van der Waals surface area contributed by atoms with Crippen molar-refractivity contribution in [3.8, 4) is 11.5 Å². The van der Waals surface area contributed by atoms with Gasteiger partial charge in [0.15, 0.2) is 17.8 Å². The van der Waals surface area contributed by atoms with E-state index in [1.54, 1.807) is 45.0 Å². The Hall–Kier alpha value is -3.03. The molecule has 0 saturated carbocycles. The van der Waals surface area contributed by atoms with E-state index in [-0.39, 0.29) is 5.89 Å². The van der Waals surface area contributed by atoms with Crippen LogP contribution in [0.1, 0.15) is 40.9 Å². The van der Waals surface area contributed by atoms with Gasteiger partial charge in [-0.3, -0.25) is 0 Å². The second kappa shape index (κ2) is 5.99. The molecule has 2 heterocycles. The first-order valence-electron chi connectivity index (χ1n) is 6.95. The van der Waals surface area contributed by atoms with Gasteiger partial charge in [0.2, 0.25) is 0 Å². The molecule has 1 unspecified atom stereocenters. The number of carbonyl (C=O) groups is 1. The first-order valence-corrected chi connectivity index (χ1v) is 6.95. The second-order valence-corrected chi connectivity index (χ2v) is 4.95. The number of nitrogens with zero attached hydrogens (tertiary/aromatic N) is 4. The molecule has 1 aromatic carbocycles. The Bertz CT molecular complexity index is 822. The van der Waals surface area contributed by atoms with E-state index in [1.165, 1.54) is 0 Å². The maximum absolute atomic E-state index is 12.1. The number of aryl methyl sites for hydroxylation is 2. The second-order valence-electron chi connectivity index (χ2n) is 4.95. The third-order valence-electron chi connectivity index (χ3n) is 3.07. The summed E-state index contributed by atoms with van der Waals surface area (Å²) in [6.45, 7) is 5.10. The lowest BCUT2D eigenvalue weighted by molar-refractivity contribution is 0.0265. The molecule has 0 spiro atoms. The molecule has 0 amide bonds. The van der Waals surface area contributed by atoms with Gasteiger partial charge in [-0.2, -0.15) is 9.97 Å². The van der Waals surface area contributed by atoms with E-state index >= 15 is 0 Å². The zero-order chi connectivity index (χ0) is 16.4. The molecule has 0 radical (unpaired) electrons. The Labute approximate surface area is 131 Å². The molecule has 3 rings (SSSR count). The summed E-state index contributed by atoms with van der Waals surface area (Å²) < 4.78 is 15.3. The van der Waals surface area contributed by atoms with Crippen LogP contribution in [0.15, 0.2) is 33.3 Å². The van der Waals surface area contributed by atoms with E-state index in [0.29, 0.717) is 23.1 Å². The largest absolute Gasteiger partial charge is 0.449 e. The van der Waals surface area contributed by atoms with Crippen molar-refractivity contribution in [2.75, 3.05) is 0 Å². The van der Waals surface area contributed by atoms with Gasteiger partial charge in [-0.05, 0) is 45.0 Å². The van der Waals surface area contributed by atoms with E-state index in [0.717, 1.165) is 5.56 Å². The summed E-state index contributed by atoms with van der Waals surface area (Å²) in [5.74, 6) is 1.21. The van der Waals surface area contributed by atoms with Crippen LogP contribution in [0, 0.1) is 13.8 Å². The molecule has 0 saturated heterocycles. The molecule has 8 heteroatoms. The molecule has 118 valence electrons. The molecule has 0 fully saturated rings. The summed E-state index contributed by atoms with van der Waals surface area (Å²) in [5.41, 5.74) is 1.12. The highest BCUT2D eigenvalue weighted by molar-refractivity contribution is 5.90. The fourth-order valence-corrected chi connectivity index (χ4v) is 1.92. The molecule has 2 aromatic heterocycles. The van der Waals surface area contributed by atoms with Crippen LogP contribution in [-0.2, 0) is 4.74 Å². The average molecular weight is 314 g/mol. The van der Waals surface area contributed by atoms with E-state index in [4.69, 9.17) is 13.8 Å². The monoisotopic (exact) mass is 314 g/mol. The summed E-state index contributed by atoms with van der Waals surface area (Å²) in [6, 6.07) is 6.68. The van der Waals surface area contributed by atoms with Crippen molar-refractivity contribution in [2.24, 2.45) is 0 Å². The van der Waals surface area contributed by atoms with Gasteiger partial charge in [-0.25, -0.2) is 4.79 Å². The third kappa shape index (κ3) is 3.25. The van der Waals surface area contributed by atoms with Gasteiger partial charge in [0, 0.05) is 5.56 Å². The fourth-order valence-electron chi connectivity index (χ4n) is 1.92. The summed E-state index contributed by atoms with van der Waals surface area (Å²) in [4.78, 5) is 20.3. The number of carbonyl (C=O) groups excluding carboxylic acids is 1. The Morgan fingerprint density at radius 2 is 1.70 bits per heavy atom. The van der Waals surface area contributed by atoms with Crippen LogP contribution in [0.25, 0.3) is 11.5 Å². The molecule has 0 aliphatic heterocycles. The highest BCUT2D eigenvalue weighted by atomic mass is 16.6. The maximum Gasteiger partial charge on any atom is 0.338 e. The first kappa shape index (κ1) is 14.9. The lowest BCUT2D eigenvalue weighted by Gasteiger charge is -2.09. The predicted octanol–water partition coefficient (Wildman–Crippen LogP) is 2.65. The number of ether oxygens (including phenoxy) is 1. The summed E-state index contributed by atoms with van der Waals surface area (Å²) in [6.07, 6.45) is -0.623. The van der Waals surface area contributed by atoms with Gasteiger partial charge < -0.3 is 13.8 Å². The van der Waals surface area contributed by atoms with Crippen LogP contribution in [0.2, 0.25) is 0 Å². The van der Waals surface area contributed by atoms with E-state index in [9.17, 15) is 4.79 Å². The normalized spacial score (nSPS) is 12.1. The Balaban J connectivity index is 1.70. The van der Waals surface area contributed by atoms with Crippen molar-refractivity contribution in [3.63, 3.8) is 0 Å². The highest BCUT2D eigenvalue weighted by Gasteiger charge is 2.19. The minimum Gasteiger partial charge on any atom is -0.449 e. The average Bonchev–Trinajstić information content (AvgIpc) is 3.16. The third-order valence-corrected chi connectivity index (χ3v) is 3.07. The molecule has 1 atom stereocenters. The SMILES string of the molecule is Cc1noc(-c2ccc(C(=O)OC(C)c3nc(C)no3)cc2)n1. The van der Waals surface area contributed by atoms with Crippen LogP contribution in [-0.4, -0.2) is 26.3 Å². The van der Waals surface area contributed by atoms with Gasteiger partial charge in [0.1, 0.15) is 0 Å². The molecule has 23 heavy (non-hydrogen) atoms. The molecule has 0 aliphatic rings. The van der Waals surface area contributed by atoms with Gasteiger partial charge in [0.05, 0.1) is 5.56 Å². The van der Waals surface area contributed by atoms with Gasteiger partial charge in [0.25, 0.3) is 11.8 Å². The van der Waals surface area contributed by atoms with Crippen molar-refractivity contribution in [3.05, 3.63) is 47.4 Å². The van der Waals surface area contributed by atoms with Crippen LogP contribution in [0.5, 0.6) is 0 Å². The quantitative estimate of drug-likeness (QED) is 0.677. The van der Waals surface area contributed by atoms with Gasteiger partial charge in [-0.15, -0.1) is 0 Å². The van der Waals surface area contributed by atoms with E-state index < -0.39 is 12.1 Å². The minimum atomic E-state index is -0.623. The molecule has 8 nitrogen and oxygen atoms in total. The zero-order valence-electron chi connectivity index (χ0n) is 12.8. The number of aromatic nitrogens is 4. The number of esters is 1. The lowest BCUT2D eigenvalue weighted by Crippen LogP contribution is -2.09. The lowest BCUT2D eigenvalue weighted by atomic mass is 10.1. The number of hydrogen-bond donors (Lipinski definition) is 0. The van der Waals surface area contributed by atoms with Crippen molar-refractivity contribution in [1.29, 1.82) is 0 Å².